The van der Waals surface area contributed by atoms with Crippen LogP contribution in [0, 0.1) is 0 Å². The van der Waals surface area contributed by atoms with Gasteiger partial charge in [0, 0.05) is 30.2 Å². The lowest BCUT2D eigenvalue weighted by molar-refractivity contribution is 0.0424. The Morgan fingerprint density at radius 3 is 2.88 bits per heavy atom. The van der Waals surface area contributed by atoms with E-state index >= 15 is 0 Å². The summed E-state index contributed by atoms with van der Waals surface area (Å²) >= 11 is 6.11. The summed E-state index contributed by atoms with van der Waals surface area (Å²) < 4.78 is 6.03. The van der Waals surface area contributed by atoms with Gasteiger partial charge in [-0.15, -0.1) is 0 Å². The molecule has 1 fully saturated rings. The zero-order chi connectivity index (χ0) is 12.1. The van der Waals surface area contributed by atoms with Gasteiger partial charge in [0.1, 0.15) is 11.4 Å². The molecule has 0 bridgehead atoms. The van der Waals surface area contributed by atoms with Crippen molar-refractivity contribution in [2.45, 2.75) is 31.4 Å². The van der Waals surface area contributed by atoms with Crippen molar-refractivity contribution in [3.05, 3.63) is 28.8 Å². The molecule has 3 nitrogen and oxygen atoms in total. The van der Waals surface area contributed by atoms with E-state index in [2.05, 4.69) is 24.5 Å². The summed E-state index contributed by atoms with van der Waals surface area (Å²) in [5.41, 5.74) is 0.983. The monoisotopic (exact) mass is 252 g/mol. The zero-order valence-corrected chi connectivity index (χ0v) is 10.9. The first-order valence-corrected chi connectivity index (χ1v) is 6.33. The van der Waals surface area contributed by atoms with Crippen molar-refractivity contribution < 1.29 is 4.74 Å². The number of benzene rings is 1. The third kappa shape index (κ3) is 1.82. The maximum absolute atomic E-state index is 6.11. The Morgan fingerprint density at radius 1 is 1.35 bits per heavy atom. The molecule has 0 saturated carbocycles. The number of nitrogens with one attached hydrogen (secondary N) is 2. The SMILES string of the molecule is CC1(C)CC2(CNCN2)c2cc(Cl)ccc2O1. The van der Waals surface area contributed by atoms with Crippen LogP contribution in [0.3, 0.4) is 0 Å². The van der Waals surface area contributed by atoms with E-state index in [4.69, 9.17) is 16.3 Å². The molecule has 1 spiro atoms. The Hall–Kier alpha value is -0.770. The Bertz CT molecular complexity index is 453. The Labute approximate surface area is 106 Å². The van der Waals surface area contributed by atoms with Crippen molar-refractivity contribution >= 4 is 11.6 Å². The predicted octanol–water partition coefficient (Wildman–Crippen LogP) is 2.25. The average molecular weight is 253 g/mol. The van der Waals surface area contributed by atoms with E-state index in [1.165, 1.54) is 5.56 Å². The summed E-state index contributed by atoms with van der Waals surface area (Å²) in [5, 5.41) is 7.70. The van der Waals surface area contributed by atoms with Gasteiger partial charge in [0.2, 0.25) is 0 Å². The van der Waals surface area contributed by atoms with Crippen molar-refractivity contribution in [1.82, 2.24) is 10.6 Å². The first-order chi connectivity index (χ1) is 8.01. The molecule has 17 heavy (non-hydrogen) atoms. The summed E-state index contributed by atoms with van der Waals surface area (Å²) in [7, 11) is 0. The van der Waals surface area contributed by atoms with Crippen LogP contribution in [0.15, 0.2) is 18.2 Å². The smallest absolute Gasteiger partial charge is 0.125 e. The largest absolute Gasteiger partial charge is 0.487 e. The van der Waals surface area contributed by atoms with E-state index in [-0.39, 0.29) is 11.1 Å². The van der Waals surface area contributed by atoms with Gasteiger partial charge in [-0.25, -0.2) is 0 Å². The van der Waals surface area contributed by atoms with Crippen LogP contribution in [0.2, 0.25) is 5.02 Å². The number of halogens is 1. The maximum Gasteiger partial charge on any atom is 0.125 e. The highest BCUT2D eigenvalue weighted by molar-refractivity contribution is 6.30. The van der Waals surface area contributed by atoms with Crippen LogP contribution >= 0.6 is 11.6 Å². The summed E-state index contributed by atoms with van der Waals surface area (Å²) in [6, 6.07) is 5.88. The van der Waals surface area contributed by atoms with Crippen LogP contribution in [0.5, 0.6) is 5.75 Å². The normalized spacial score (nSPS) is 30.1. The second kappa shape index (κ2) is 3.61. The van der Waals surface area contributed by atoms with Crippen LogP contribution in [-0.4, -0.2) is 18.8 Å². The average Bonchev–Trinajstić information content (AvgIpc) is 2.67. The molecule has 1 aromatic carbocycles. The van der Waals surface area contributed by atoms with Gasteiger partial charge in [-0.1, -0.05) is 11.6 Å². The van der Waals surface area contributed by atoms with E-state index < -0.39 is 0 Å². The highest BCUT2D eigenvalue weighted by Crippen LogP contribution is 2.44. The molecule has 2 heterocycles. The number of ether oxygens (including phenoxy) is 1. The molecule has 2 aliphatic heterocycles. The fourth-order valence-corrected chi connectivity index (χ4v) is 3.18. The van der Waals surface area contributed by atoms with E-state index in [1.54, 1.807) is 0 Å². The van der Waals surface area contributed by atoms with E-state index in [9.17, 15) is 0 Å². The molecule has 0 radical (unpaired) electrons. The summed E-state index contributed by atoms with van der Waals surface area (Å²) in [6.45, 7) is 6.02. The molecule has 1 atom stereocenters. The van der Waals surface area contributed by atoms with Gasteiger partial charge in [-0.3, -0.25) is 5.32 Å². The third-order valence-corrected chi connectivity index (χ3v) is 3.78. The minimum atomic E-state index is -0.153. The third-order valence-electron chi connectivity index (χ3n) is 3.55. The number of fused-ring (bicyclic) bond motifs is 2. The van der Waals surface area contributed by atoms with Crippen LogP contribution < -0.4 is 15.4 Å². The Morgan fingerprint density at radius 2 is 2.18 bits per heavy atom. The standard InChI is InChI=1S/C13H17ClN2O/c1-12(2)6-13(7-15-8-16-13)10-5-9(14)3-4-11(10)17-12/h3-5,15-16H,6-8H2,1-2H3. The molecule has 2 aliphatic rings. The predicted molar refractivity (Wildman–Crippen MR) is 68.5 cm³/mol. The highest BCUT2D eigenvalue weighted by atomic mass is 35.5. The molecular weight excluding hydrogens is 236 g/mol. The van der Waals surface area contributed by atoms with Gasteiger partial charge < -0.3 is 10.1 Å². The molecule has 1 aromatic rings. The molecule has 1 saturated heterocycles. The quantitative estimate of drug-likeness (QED) is 0.743. The molecule has 3 rings (SSSR count). The first kappa shape index (κ1) is 11.3. The number of rotatable bonds is 0. The Balaban J connectivity index is 2.14. The molecule has 2 N–H and O–H groups in total. The van der Waals surface area contributed by atoms with Crippen LogP contribution in [0.4, 0.5) is 0 Å². The molecule has 0 aliphatic carbocycles. The van der Waals surface area contributed by atoms with Crippen molar-refractivity contribution in [1.29, 1.82) is 0 Å². The minimum Gasteiger partial charge on any atom is -0.487 e. The molecule has 92 valence electrons. The number of hydrogen-bond donors (Lipinski definition) is 2. The summed E-state index contributed by atoms with van der Waals surface area (Å²) in [5.74, 6) is 0.946. The first-order valence-electron chi connectivity index (χ1n) is 5.96. The lowest BCUT2D eigenvalue weighted by Crippen LogP contribution is -2.51. The van der Waals surface area contributed by atoms with Crippen molar-refractivity contribution in [3.63, 3.8) is 0 Å². The Kier molecular flexibility index (Phi) is 2.41. The fourth-order valence-electron chi connectivity index (χ4n) is 3.01. The zero-order valence-electron chi connectivity index (χ0n) is 10.1. The number of hydrogen-bond acceptors (Lipinski definition) is 3. The van der Waals surface area contributed by atoms with Crippen LogP contribution in [0.25, 0.3) is 0 Å². The summed E-state index contributed by atoms with van der Waals surface area (Å²) in [6.07, 6.45) is 0.945. The van der Waals surface area contributed by atoms with Crippen LogP contribution in [-0.2, 0) is 5.54 Å². The van der Waals surface area contributed by atoms with Gasteiger partial charge in [-0.05, 0) is 32.0 Å². The minimum absolute atomic E-state index is 0.0397. The van der Waals surface area contributed by atoms with Gasteiger partial charge in [0.15, 0.2) is 0 Å². The van der Waals surface area contributed by atoms with E-state index in [1.807, 2.05) is 18.2 Å². The highest BCUT2D eigenvalue weighted by Gasteiger charge is 2.46. The van der Waals surface area contributed by atoms with Crippen molar-refractivity contribution in [2.75, 3.05) is 13.2 Å². The molecule has 1 unspecified atom stereocenters. The van der Waals surface area contributed by atoms with E-state index in [0.29, 0.717) is 0 Å². The molecular formula is C13H17ClN2O. The van der Waals surface area contributed by atoms with Crippen molar-refractivity contribution in [2.24, 2.45) is 0 Å². The lowest BCUT2D eigenvalue weighted by Gasteiger charge is -2.44. The van der Waals surface area contributed by atoms with Gasteiger partial charge in [0.25, 0.3) is 0 Å². The molecule has 0 aromatic heterocycles. The van der Waals surface area contributed by atoms with E-state index in [0.717, 1.165) is 30.4 Å². The topological polar surface area (TPSA) is 33.3 Å². The fraction of sp³-hybridized carbons (Fsp3) is 0.538. The molecule has 0 amide bonds. The summed E-state index contributed by atoms with van der Waals surface area (Å²) in [4.78, 5) is 0. The van der Waals surface area contributed by atoms with Gasteiger partial charge in [0.05, 0.1) is 5.54 Å². The maximum atomic E-state index is 6.11. The second-order valence-electron chi connectivity index (χ2n) is 5.54. The van der Waals surface area contributed by atoms with Crippen molar-refractivity contribution in [3.8, 4) is 5.75 Å². The second-order valence-corrected chi connectivity index (χ2v) is 5.98. The van der Waals surface area contributed by atoms with Gasteiger partial charge in [-0.2, -0.15) is 0 Å². The van der Waals surface area contributed by atoms with Gasteiger partial charge >= 0.3 is 0 Å². The lowest BCUT2D eigenvalue weighted by atomic mass is 9.78. The van der Waals surface area contributed by atoms with Crippen LogP contribution in [0.1, 0.15) is 25.8 Å². The molecule has 4 heteroatoms.